The maximum Gasteiger partial charge on any atom is 0.276 e. The van der Waals surface area contributed by atoms with E-state index >= 15 is 0 Å². The minimum absolute atomic E-state index is 0.103. The summed E-state index contributed by atoms with van der Waals surface area (Å²) in [7, 11) is 0. The molecule has 1 aliphatic heterocycles. The lowest BCUT2D eigenvalue weighted by Gasteiger charge is -2.41. The average Bonchev–Trinajstić information content (AvgIpc) is 3.02. The van der Waals surface area contributed by atoms with E-state index in [2.05, 4.69) is 16.5 Å². The van der Waals surface area contributed by atoms with E-state index in [4.69, 9.17) is 23.2 Å². The molecule has 14 heteroatoms. The molecule has 3 aromatic heterocycles. The number of aryl methyl sites for hydroxylation is 1. The van der Waals surface area contributed by atoms with Crippen LogP contribution in [0.2, 0.25) is 10.0 Å². The van der Waals surface area contributed by atoms with Crippen LogP contribution in [0.1, 0.15) is 43.5 Å². The van der Waals surface area contributed by atoms with Crippen molar-refractivity contribution in [3.8, 4) is 28.8 Å². The first-order chi connectivity index (χ1) is 21.7. The maximum atomic E-state index is 14.7. The number of anilines is 1. The van der Waals surface area contributed by atoms with E-state index in [9.17, 15) is 33.1 Å². The molecule has 0 saturated carbocycles. The van der Waals surface area contributed by atoms with Crippen molar-refractivity contribution >= 4 is 45.8 Å². The Morgan fingerprint density at radius 1 is 1.20 bits per heavy atom. The largest absolute Gasteiger partial charge is 0.504 e. The van der Waals surface area contributed by atoms with Crippen LogP contribution in [0.5, 0.6) is 5.75 Å². The Labute approximate surface area is 271 Å². The van der Waals surface area contributed by atoms with E-state index in [1.807, 2.05) is 26.8 Å². The Bertz CT molecular complexity index is 2030. The summed E-state index contributed by atoms with van der Waals surface area (Å²) in [5.41, 5.74) is -0.707. The molecule has 1 atom stereocenters. The van der Waals surface area contributed by atoms with Crippen LogP contribution in [0, 0.1) is 35.7 Å². The van der Waals surface area contributed by atoms with E-state index in [1.54, 1.807) is 29.0 Å². The van der Waals surface area contributed by atoms with Gasteiger partial charge in [0.25, 0.3) is 5.56 Å². The Hall–Kier alpha value is -4.60. The van der Waals surface area contributed by atoms with Crippen molar-refractivity contribution in [1.82, 2.24) is 19.4 Å². The minimum atomic E-state index is -1.99. The van der Waals surface area contributed by atoms with Crippen molar-refractivity contribution < 1.29 is 23.1 Å². The number of carbonyl (C=O) groups excluding carboxylic acids is 1. The number of aromatic hydroxyl groups is 1. The Morgan fingerprint density at radius 2 is 1.89 bits per heavy atom. The summed E-state index contributed by atoms with van der Waals surface area (Å²) in [6.45, 7) is 11.5. The van der Waals surface area contributed by atoms with Gasteiger partial charge in [-0.3, -0.25) is 19.1 Å². The lowest BCUT2D eigenvalue weighted by Crippen LogP contribution is -2.54. The number of pyridine rings is 3. The topological polar surface area (TPSA) is 115 Å². The highest BCUT2D eigenvalue weighted by molar-refractivity contribution is 6.37. The molecule has 4 aromatic rings. The number of piperazine rings is 1. The number of hydrogen-bond acceptors (Lipinski definition) is 7. The highest BCUT2D eigenvalue weighted by Gasteiger charge is 2.33. The van der Waals surface area contributed by atoms with Gasteiger partial charge in [-0.25, -0.2) is 13.8 Å². The van der Waals surface area contributed by atoms with Crippen LogP contribution in [0.3, 0.4) is 0 Å². The molecule has 1 aliphatic rings. The lowest BCUT2D eigenvalue weighted by molar-refractivity contribution is -0.128. The van der Waals surface area contributed by atoms with Gasteiger partial charge in [-0.05, 0) is 43.5 Å². The molecule has 1 N–H and O–H groups in total. The third-order valence-electron chi connectivity index (χ3n) is 7.99. The minimum Gasteiger partial charge on any atom is -0.504 e. The van der Waals surface area contributed by atoms with Crippen molar-refractivity contribution in [2.24, 2.45) is 0 Å². The van der Waals surface area contributed by atoms with Gasteiger partial charge in [-0.2, -0.15) is 9.65 Å². The predicted molar refractivity (Wildman–Crippen MR) is 169 cm³/mol. The first-order valence-electron chi connectivity index (χ1n) is 14.1. The molecule has 0 aliphatic carbocycles. The second-order valence-electron chi connectivity index (χ2n) is 11.2. The number of nitriles is 1. The van der Waals surface area contributed by atoms with Gasteiger partial charge < -0.3 is 14.9 Å². The molecule has 1 saturated heterocycles. The molecule has 0 unspecified atom stereocenters. The number of nitrogens with zero attached hydrogens (tertiary/aromatic N) is 6. The number of phenolic OH excluding ortho intramolecular Hbond substituents is 1. The first kappa shape index (κ1) is 32.8. The third kappa shape index (κ3) is 5.13. The van der Waals surface area contributed by atoms with Crippen molar-refractivity contribution in [1.29, 1.82) is 5.26 Å². The number of amides is 1. The van der Waals surface area contributed by atoms with Gasteiger partial charge in [-0.1, -0.05) is 43.6 Å². The third-order valence-corrected chi connectivity index (χ3v) is 8.64. The molecule has 1 aromatic carbocycles. The summed E-state index contributed by atoms with van der Waals surface area (Å²) < 4.78 is 44.5. The summed E-state index contributed by atoms with van der Waals surface area (Å²) in [5, 5.41) is 19.9. The van der Waals surface area contributed by atoms with Crippen LogP contribution in [-0.4, -0.2) is 56.1 Å². The van der Waals surface area contributed by atoms with Crippen LogP contribution in [0.15, 0.2) is 35.8 Å². The molecule has 1 amide bonds. The fourth-order valence-electron chi connectivity index (χ4n) is 5.81. The molecule has 0 bridgehead atoms. The van der Waals surface area contributed by atoms with E-state index in [-0.39, 0.29) is 64.8 Å². The van der Waals surface area contributed by atoms with Crippen molar-refractivity contribution in [2.45, 2.75) is 39.7 Å². The zero-order chi connectivity index (χ0) is 33.8. The van der Waals surface area contributed by atoms with Crippen molar-refractivity contribution in [2.75, 3.05) is 24.5 Å². The zero-order valence-corrected chi connectivity index (χ0v) is 26.6. The van der Waals surface area contributed by atoms with Crippen LogP contribution in [0.25, 0.3) is 28.0 Å². The molecule has 238 valence electrons. The van der Waals surface area contributed by atoms with E-state index in [0.717, 1.165) is 0 Å². The van der Waals surface area contributed by atoms with Crippen LogP contribution in [0.4, 0.5) is 18.9 Å². The quantitative estimate of drug-likeness (QED) is 0.148. The number of rotatable bonds is 5. The van der Waals surface area contributed by atoms with E-state index in [1.165, 1.54) is 16.7 Å². The van der Waals surface area contributed by atoms with Gasteiger partial charge in [0.05, 0.1) is 38.4 Å². The van der Waals surface area contributed by atoms with Crippen LogP contribution in [-0.2, 0) is 4.79 Å². The molecule has 46 heavy (non-hydrogen) atoms. The van der Waals surface area contributed by atoms with Crippen LogP contribution < -0.4 is 10.5 Å². The monoisotopic (exact) mass is 670 g/mol. The number of carbonyl (C=O) groups is 1. The zero-order valence-electron chi connectivity index (χ0n) is 25.1. The Balaban J connectivity index is 1.94. The molecule has 9 nitrogen and oxygen atoms in total. The summed E-state index contributed by atoms with van der Waals surface area (Å²) in [4.78, 5) is 39.2. The summed E-state index contributed by atoms with van der Waals surface area (Å²) >= 11 is 12.7. The Morgan fingerprint density at radius 3 is 2.50 bits per heavy atom. The SMILES string of the molecule is C=CC(=O)N1CCN(c2c(C#N)c(=O)n(-c3c(C)ccnc3C(C)C)c3nc(-c4c(O)c(F)c(F)c(F)c4Cl)c(Cl)cc23)C[C@H]1C. The number of fused-ring (bicyclic) bond motifs is 1. The average molecular weight is 672 g/mol. The number of benzene rings is 1. The maximum absolute atomic E-state index is 14.7. The molecule has 0 spiro atoms. The van der Waals surface area contributed by atoms with Gasteiger partial charge in [0, 0.05) is 37.3 Å². The second kappa shape index (κ2) is 12.3. The van der Waals surface area contributed by atoms with Gasteiger partial charge >= 0.3 is 0 Å². The highest BCUT2D eigenvalue weighted by atomic mass is 35.5. The summed E-state index contributed by atoms with van der Waals surface area (Å²) in [6.07, 6.45) is 2.78. The molecule has 4 heterocycles. The fraction of sp³-hybridized carbons (Fsp3) is 0.281. The second-order valence-corrected chi connectivity index (χ2v) is 12.0. The number of hydrogen-bond donors (Lipinski definition) is 1. The Kier molecular flexibility index (Phi) is 8.77. The molecule has 1 fully saturated rings. The highest BCUT2D eigenvalue weighted by Crippen LogP contribution is 2.45. The predicted octanol–water partition coefficient (Wildman–Crippen LogP) is 6.40. The van der Waals surface area contributed by atoms with Gasteiger partial charge in [0.15, 0.2) is 17.4 Å². The van der Waals surface area contributed by atoms with Gasteiger partial charge in [0.1, 0.15) is 17.3 Å². The van der Waals surface area contributed by atoms with Crippen molar-refractivity contribution in [3.63, 3.8) is 0 Å². The van der Waals surface area contributed by atoms with Gasteiger partial charge in [-0.15, -0.1) is 0 Å². The standard InChI is InChI=1S/C32H27Cl2F3N6O3/c1-6-20(44)42-10-9-41(13-16(42)5)29-17-11-19(33)27(21-22(34)23(35)24(36)25(37)30(21)45)40-31(17)43(32(46)18(29)12-38)28-15(4)7-8-39-26(28)14(2)3/h6-8,11,14,16,45H,1,9-10,13H2,2-5H3/t16-/m1/s1. The van der Waals surface area contributed by atoms with E-state index in [0.29, 0.717) is 16.9 Å². The molecular weight excluding hydrogens is 644 g/mol. The van der Waals surface area contributed by atoms with E-state index < -0.39 is 45.0 Å². The smallest absolute Gasteiger partial charge is 0.276 e. The summed E-state index contributed by atoms with van der Waals surface area (Å²) in [5.74, 6) is -7.47. The molecule has 5 rings (SSSR count). The van der Waals surface area contributed by atoms with Crippen molar-refractivity contribution in [3.05, 3.63) is 85.7 Å². The van der Waals surface area contributed by atoms with Gasteiger partial charge in [0.2, 0.25) is 11.7 Å². The first-order valence-corrected chi connectivity index (χ1v) is 14.9. The van der Waals surface area contributed by atoms with Crippen LogP contribution >= 0.6 is 23.2 Å². The molecule has 0 radical (unpaired) electrons. The number of aromatic nitrogens is 3. The fourth-order valence-corrected chi connectivity index (χ4v) is 6.31. The summed E-state index contributed by atoms with van der Waals surface area (Å²) in [6, 6.07) is 4.69. The number of phenols is 1. The lowest BCUT2D eigenvalue weighted by atomic mass is 10.0. The molecular formula is C32H27Cl2F3N6O3. The normalized spacial score (nSPS) is 15.0. The number of halogens is 5.